The molecule has 0 amide bonds. The molecule has 0 spiro atoms. The fourth-order valence-electron chi connectivity index (χ4n) is 1.63. The summed E-state index contributed by atoms with van der Waals surface area (Å²) in [4.78, 5) is 0. The molecule has 2 aromatic carbocycles. The first-order valence-corrected chi connectivity index (χ1v) is 7.42. The average Bonchev–Trinajstić information content (AvgIpc) is 2.31. The summed E-state index contributed by atoms with van der Waals surface area (Å²) in [5, 5.41) is 0. The SMILES string of the molecule is CC(N)c1cc(Br)ccc1Oc1cccc(I)c1. The molecule has 0 bridgehead atoms. The van der Waals surface area contributed by atoms with Crippen LogP contribution in [0.5, 0.6) is 11.5 Å². The zero-order valence-corrected chi connectivity index (χ0v) is 13.6. The Morgan fingerprint density at radius 3 is 2.67 bits per heavy atom. The quantitative estimate of drug-likeness (QED) is 0.723. The maximum absolute atomic E-state index is 5.96. The van der Waals surface area contributed by atoms with E-state index in [1.165, 1.54) is 0 Å². The van der Waals surface area contributed by atoms with E-state index in [9.17, 15) is 0 Å². The van der Waals surface area contributed by atoms with E-state index in [2.05, 4.69) is 38.5 Å². The zero-order valence-electron chi connectivity index (χ0n) is 9.86. The molecule has 2 nitrogen and oxygen atoms in total. The third-order valence-electron chi connectivity index (χ3n) is 2.49. The van der Waals surface area contributed by atoms with Crippen molar-refractivity contribution in [2.24, 2.45) is 5.73 Å². The molecular formula is C14H13BrINO. The molecule has 1 unspecified atom stereocenters. The van der Waals surface area contributed by atoms with Gasteiger partial charge in [0.1, 0.15) is 11.5 Å². The number of hydrogen-bond donors (Lipinski definition) is 1. The van der Waals surface area contributed by atoms with Crippen LogP contribution in [-0.4, -0.2) is 0 Å². The van der Waals surface area contributed by atoms with Crippen LogP contribution in [0.2, 0.25) is 0 Å². The molecule has 0 aliphatic heterocycles. The van der Waals surface area contributed by atoms with E-state index in [-0.39, 0.29) is 6.04 Å². The minimum absolute atomic E-state index is 0.0692. The van der Waals surface area contributed by atoms with Crippen molar-refractivity contribution in [3.63, 3.8) is 0 Å². The van der Waals surface area contributed by atoms with Gasteiger partial charge in [0.25, 0.3) is 0 Å². The fourth-order valence-corrected chi connectivity index (χ4v) is 2.52. The van der Waals surface area contributed by atoms with E-state index in [0.29, 0.717) is 0 Å². The fraction of sp³-hybridized carbons (Fsp3) is 0.143. The highest BCUT2D eigenvalue weighted by Gasteiger charge is 2.09. The third-order valence-corrected chi connectivity index (χ3v) is 3.65. The Morgan fingerprint density at radius 1 is 1.22 bits per heavy atom. The number of ether oxygens (including phenoxy) is 1. The molecule has 2 N–H and O–H groups in total. The van der Waals surface area contributed by atoms with E-state index >= 15 is 0 Å². The largest absolute Gasteiger partial charge is 0.457 e. The van der Waals surface area contributed by atoms with Crippen LogP contribution in [0.25, 0.3) is 0 Å². The second-order valence-electron chi connectivity index (χ2n) is 4.03. The smallest absolute Gasteiger partial charge is 0.132 e. The van der Waals surface area contributed by atoms with Crippen LogP contribution in [0.3, 0.4) is 0 Å². The van der Waals surface area contributed by atoms with E-state index < -0.39 is 0 Å². The number of benzene rings is 2. The van der Waals surface area contributed by atoms with Gasteiger partial charge < -0.3 is 10.5 Å². The molecule has 4 heteroatoms. The summed E-state index contributed by atoms with van der Waals surface area (Å²) in [5.41, 5.74) is 6.95. The van der Waals surface area contributed by atoms with Gasteiger partial charge in [0.05, 0.1) is 0 Å². The molecule has 0 heterocycles. The van der Waals surface area contributed by atoms with Crippen molar-refractivity contribution in [3.05, 3.63) is 56.1 Å². The minimum atomic E-state index is -0.0692. The van der Waals surface area contributed by atoms with Crippen molar-refractivity contribution in [2.45, 2.75) is 13.0 Å². The molecule has 2 aromatic rings. The second kappa shape index (κ2) is 6.04. The first kappa shape index (κ1) is 13.8. The highest BCUT2D eigenvalue weighted by atomic mass is 127. The summed E-state index contributed by atoms with van der Waals surface area (Å²) in [6, 6.07) is 13.7. The number of hydrogen-bond acceptors (Lipinski definition) is 2. The van der Waals surface area contributed by atoms with Gasteiger partial charge in [-0.3, -0.25) is 0 Å². The Hall–Kier alpha value is -0.590. The lowest BCUT2D eigenvalue weighted by Crippen LogP contribution is -2.06. The molecule has 0 aliphatic rings. The van der Waals surface area contributed by atoms with Crippen molar-refractivity contribution in [1.29, 1.82) is 0 Å². The summed E-state index contributed by atoms with van der Waals surface area (Å²) < 4.78 is 8.05. The Kier molecular flexibility index (Phi) is 4.64. The van der Waals surface area contributed by atoms with Gasteiger partial charge in [-0.1, -0.05) is 22.0 Å². The molecule has 0 saturated heterocycles. The minimum Gasteiger partial charge on any atom is -0.457 e. The lowest BCUT2D eigenvalue weighted by Gasteiger charge is -2.14. The monoisotopic (exact) mass is 417 g/mol. The highest BCUT2D eigenvalue weighted by molar-refractivity contribution is 14.1. The molecule has 2 rings (SSSR count). The molecule has 0 aromatic heterocycles. The van der Waals surface area contributed by atoms with Gasteiger partial charge in [0, 0.05) is 19.6 Å². The Bertz CT molecular complexity index is 557. The first-order valence-electron chi connectivity index (χ1n) is 5.54. The van der Waals surface area contributed by atoms with Gasteiger partial charge in [-0.15, -0.1) is 0 Å². The van der Waals surface area contributed by atoms with E-state index in [0.717, 1.165) is 25.1 Å². The van der Waals surface area contributed by atoms with Crippen molar-refractivity contribution in [3.8, 4) is 11.5 Å². The van der Waals surface area contributed by atoms with Gasteiger partial charge in [0.15, 0.2) is 0 Å². The summed E-state index contributed by atoms with van der Waals surface area (Å²) >= 11 is 5.71. The summed E-state index contributed by atoms with van der Waals surface area (Å²) in [6.07, 6.45) is 0. The van der Waals surface area contributed by atoms with E-state index in [1.54, 1.807) is 0 Å². The van der Waals surface area contributed by atoms with Crippen LogP contribution in [0.15, 0.2) is 46.9 Å². The standard InChI is InChI=1S/C14H13BrINO/c1-9(17)13-7-10(15)5-6-14(13)18-12-4-2-3-11(16)8-12/h2-9H,17H2,1H3. The Morgan fingerprint density at radius 2 is 2.00 bits per heavy atom. The maximum Gasteiger partial charge on any atom is 0.132 e. The maximum atomic E-state index is 5.96. The lowest BCUT2D eigenvalue weighted by molar-refractivity contribution is 0.471. The third kappa shape index (κ3) is 3.46. The highest BCUT2D eigenvalue weighted by Crippen LogP contribution is 2.31. The summed E-state index contributed by atoms with van der Waals surface area (Å²) in [5.74, 6) is 1.63. The molecule has 0 aliphatic carbocycles. The van der Waals surface area contributed by atoms with E-state index in [4.69, 9.17) is 10.5 Å². The van der Waals surface area contributed by atoms with E-state index in [1.807, 2.05) is 49.4 Å². The first-order chi connectivity index (χ1) is 8.56. The zero-order chi connectivity index (χ0) is 13.1. The number of halogens is 2. The van der Waals surface area contributed by atoms with Crippen LogP contribution < -0.4 is 10.5 Å². The summed E-state index contributed by atoms with van der Waals surface area (Å²) in [6.45, 7) is 1.95. The number of nitrogens with two attached hydrogens (primary N) is 1. The normalized spacial score (nSPS) is 12.2. The van der Waals surface area contributed by atoms with Crippen molar-refractivity contribution in [1.82, 2.24) is 0 Å². The predicted molar refractivity (Wildman–Crippen MR) is 86.0 cm³/mol. The van der Waals surface area contributed by atoms with Crippen molar-refractivity contribution >= 4 is 38.5 Å². The molecule has 0 saturated carbocycles. The van der Waals surface area contributed by atoms with Gasteiger partial charge >= 0.3 is 0 Å². The van der Waals surface area contributed by atoms with Gasteiger partial charge in [-0.25, -0.2) is 0 Å². The Labute approximate surface area is 129 Å². The molecule has 94 valence electrons. The van der Waals surface area contributed by atoms with Gasteiger partial charge in [-0.2, -0.15) is 0 Å². The molecule has 18 heavy (non-hydrogen) atoms. The topological polar surface area (TPSA) is 35.2 Å². The van der Waals surface area contributed by atoms with Crippen LogP contribution in [0.1, 0.15) is 18.5 Å². The molecular weight excluding hydrogens is 405 g/mol. The second-order valence-corrected chi connectivity index (χ2v) is 6.19. The van der Waals surface area contributed by atoms with Gasteiger partial charge in [-0.05, 0) is 65.9 Å². The van der Waals surface area contributed by atoms with Crippen molar-refractivity contribution < 1.29 is 4.74 Å². The van der Waals surface area contributed by atoms with Crippen molar-refractivity contribution in [2.75, 3.05) is 0 Å². The average molecular weight is 418 g/mol. The summed E-state index contributed by atoms with van der Waals surface area (Å²) in [7, 11) is 0. The van der Waals surface area contributed by atoms with Crippen LogP contribution in [-0.2, 0) is 0 Å². The Balaban J connectivity index is 2.34. The van der Waals surface area contributed by atoms with Crippen LogP contribution in [0.4, 0.5) is 0 Å². The predicted octanol–water partition coefficient (Wildman–Crippen LogP) is 4.87. The molecule has 0 fully saturated rings. The molecule has 0 radical (unpaired) electrons. The lowest BCUT2D eigenvalue weighted by atomic mass is 10.1. The number of rotatable bonds is 3. The van der Waals surface area contributed by atoms with Crippen LogP contribution in [0, 0.1) is 3.57 Å². The molecule has 1 atom stereocenters. The van der Waals surface area contributed by atoms with Crippen LogP contribution >= 0.6 is 38.5 Å². The van der Waals surface area contributed by atoms with Gasteiger partial charge in [0.2, 0.25) is 0 Å².